The van der Waals surface area contributed by atoms with Crippen LogP contribution in [0.15, 0.2) is 42.5 Å². The Balaban J connectivity index is 1.58. The lowest BCUT2D eigenvalue weighted by molar-refractivity contribution is -0.121. The van der Waals surface area contributed by atoms with Gasteiger partial charge >= 0.3 is 0 Å². The zero-order valence-corrected chi connectivity index (χ0v) is 15.2. The Bertz CT molecular complexity index is 789. The molecule has 0 saturated carbocycles. The summed E-state index contributed by atoms with van der Waals surface area (Å²) in [6, 6.07) is 13.6. The summed E-state index contributed by atoms with van der Waals surface area (Å²) in [4.78, 5) is 12.3. The predicted octanol–water partition coefficient (Wildman–Crippen LogP) is 2.28. The number of benzene rings is 2. The third-order valence-electron chi connectivity index (χ3n) is 4.92. The maximum Gasteiger partial charge on any atom is 0.224 e. The summed E-state index contributed by atoms with van der Waals surface area (Å²) >= 11 is 0. The van der Waals surface area contributed by atoms with E-state index in [2.05, 4.69) is 11.4 Å². The molecule has 0 aromatic heterocycles. The van der Waals surface area contributed by atoms with Gasteiger partial charge in [0.05, 0.1) is 26.2 Å². The van der Waals surface area contributed by atoms with Crippen molar-refractivity contribution in [2.45, 2.75) is 31.3 Å². The van der Waals surface area contributed by atoms with Gasteiger partial charge in [0.15, 0.2) is 11.5 Å². The van der Waals surface area contributed by atoms with Crippen molar-refractivity contribution in [1.82, 2.24) is 5.32 Å². The number of rotatable bonds is 6. The molecular formula is C21H25NO4. The van der Waals surface area contributed by atoms with Crippen molar-refractivity contribution < 1.29 is 19.4 Å². The van der Waals surface area contributed by atoms with Crippen LogP contribution in [0.3, 0.4) is 0 Å². The molecule has 0 radical (unpaired) electrons. The maximum atomic E-state index is 12.3. The number of hydrogen-bond donors (Lipinski definition) is 2. The predicted molar refractivity (Wildman–Crippen MR) is 99.7 cm³/mol. The normalized spacial score (nSPS) is 18.7. The average molecular weight is 355 g/mol. The molecule has 2 aromatic rings. The number of carbonyl (C=O) groups is 1. The van der Waals surface area contributed by atoms with Gasteiger partial charge in [0.2, 0.25) is 5.91 Å². The molecule has 0 heterocycles. The van der Waals surface area contributed by atoms with Crippen LogP contribution in [-0.4, -0.2) is 37.4 Å². The first kappa shape index (κ1) is 18.3. The van der Waals surface area contributed by atoms with Gasteiger partial charge in [-0.15, -0.1) is 0 Å². The van der Waals surface area contributed by atoms with Crippen molar-refractivity contribution in [2.75, 3.05) is 20.8 Å². The van der Waals surface area contributed by atoms with E-state index in [1.165, 1.54) is 5.56 Å². The molecule has 1 amide bonds. The van der Waals surface area contributed by atoms with Crippen LogP contribution in [-0.2, 0) is 24.1 Å². The molecule has 0 saturated heterocycles. The van der Waals surface area contributed by atoms with Crippen LogP contribution >= 0.6 is 0 Å². The fourth-order valence-corrected chi connectivity index (χ4v) is 3.44. The van der Waals surface area contributed by atoms with Crippen molar-refractivity contribution in [3.05, 3.63) is 59.2 Å². The van der Waals surface area contributed by atoms with Crippen molar-refractivity contribution >= 4 is 5.91 Å². The smallest absolute Gasteiger partial charge is 0.224 e. The topological polar surface area (TPSA) is 67.8 Å². The van der Waals surface area contributed by atoms with Crippen molar-refractivity contribution in [1.29, 1.82) is 0 Å². The van der Waals surface area contributed by atoms with E-state index in [-0.39, 0.29) is 18.9 Å². The minimum absolute atomic E-state index is 0.121. The summed E-state index contributed by atoms with van der Waals surface area (Å²) in [5.74, 6) is 1.11. The molecule has 0 aliphatic heterocycles. The van der Waals surface area contributed by atoms with Crippen LogP contribution in [0.5, 0.6) is 11.5 Å². The fourth-order valence-electron chi connectivity index (χ4n) is 3.44. The minimum Gasteiger partial charge on any atom is -0.493 e. The minimum atomic E-state index is -0.887. The van der Waals surface area contributed by atoms with E-state index in [0.717, 1.165) is 17.5 Å². The summed E-state index contributed by atoms with van der Waals surface area (Å²) in [6.07, 6.45) is 2.28. The molecule has 138 valence electrons. The molecule has 5 nitrogen and oxygen atoms in total. The highest BCUT2D eigenvalue weighted by atomic mass is 16.5. The lowest BCUT2D eigenvalue weighted by Gasteiger charge is -2.33. The van der Waals surface area contributed by atoms with Gasteiger partial charge in [-0.05, 0) is 41.7 Å². The Morgan fingerprint density at radius 2 is 1.85 bits per heavy atom. The molecule has 5 heteroatoms. The molecular weight excluding hydrogens is 330 g/mol. The van der Waals surface area contributed by atoms with Gasteiger partial charge in [-0.3, -0.25) is 4.79 Å². The van der Waals surface area contributed by atoms with E-state index in [9.17, 15) is 9.90 Å². The standard InChI is InChI=1S/C21H25NO4/c1-25-18-8-7-15(11-19(18)26-2)12-20(23)22-14-21(24)10-9-16-5-3-4-6-17(16)13-21/h3-8,11,24H,9-10,12-14H2,1-2H3,(H,22,23)/t21-/m1/s1. The Labute approximate surface area is 153 Å². The molecule has 1 aliphatic rings. The lowest BCUT2D eigenvalue weighted by Crippen LogP contribution is -2.47. The molecule has 0 unspecified atom stereocenters. The fraction of sp³-hybridized carbons (Fsp3) is 0.381. The first-order valence-electron chi connectivity index (χ1n) is 8.80. The molecule has 26 heavy (non-hydrogen) atoms. The van der Waals surface area contributed by atoms with Crippen LogP contribution in [0, 0.1) is 0 Å². The van der Waals surface area contributed by atoms with E-state index < -0.39 is 5.60 Å². The molecule has 3 rings (SSSR count). The third kappa shape index (κ3) is 4.17. The summed E-state index contributed by atoms with van der Waals surface area (Å²) in [5, 5.41) is 13.7. The molecule has 0 spiro atoms. The van der Waals surface area contributed by atoms with Crippen LogP contribution in [0.25, 0.3) is 0 Å². The van der Waals surface area contributed by atoms with Gasteiger partial charge in [0, 0.05) is 13.0 Å². The maximum absolute atomic E-state index is 12.3. The highest BCUT2D eigenvalue weighted by Gasteiger charge is 2.32. The SMILES string of the molecule is COc1ccc(CC(=O)NC[C@@]2(O)CCc3ccccc3C2)cc1OC. The van der Waals surface area contributed by atoms with Gasteiger partial charge in [0.25, 0.3) is 0 Å². The second kappa shape index (κ2) is 7.79. The number of hydrogen-bond acceptors (Lipinski definition) is 4. The van der Waals surface area contributed by atoms with Crippen molar-refractivity contribution in [3.8, 4) is 11.5 Å². The Kier molecular flexibility index (Phi) is 5.47. The largest absolute Gasteiger partial charge is 0.493 e. The van der Waals surface area contributed by atoms with Crippen LogP contribution in [0.2, 0.25) is 0 Å². The van der Waals surface area contributed by atoms with E-state index in [0.29, 0.717) is 24.3 Å². The first-order chi connectivity index (χ1) is 12.5. The van der Waals surface area contributed by atoms with Gasteiger partial charge in [0.1, 0.15) is 0 Å². The number of methoxy groups -OCH3 is 2. The Morgan fingerprint density at radius 1 is 1.12 bits per heavy atom. The molecule has 0 fully saturated rings. The van der Waals surface area contributed by atoms with Crippen molar-refractivity contribution in [3.63, 3.8) is 0 Å². The lowest BCUT2D eigenvalue weighted by atomic mass is 9.80. The second-order valence-electron chi connectivity index (χ2n) is 6.81. The first-order valence-corrected chi connectivity index (χ1v) is 8.80. The number of carbonyl (C=O) groups excluding carboxylic acids is 1. The highest BCUT2D eigenvalue weighted by molar-refractivity contribution is 5.78. The number of fused-ring (bicyclic) bond motifs is 1. The zero-order chi connectivity index (χ0) is 18.6. The van der Waals surface area contributed by atoms with Crippen molar-refractivity contribution in [2.24, 2.45) is 0 Å². The van der Waals surface area contributed by atoms with Crippen LogP contribution < -0.4 is 14.8 Å². The third-order valence-corrected chi connectivity index (χ3v) is 4.92. The van der Waals surface area contributed by atoms with E-state index in [4.69, 9.17) is 9.47 Å². The summed E-state index contributed by atoms with van der Waals surface area (Å²) < 4.78 is 10.5. The number of nitrogens with one attached hydrogen (secondary N) is 1. The van der Waals surface area contributed by atoms with E-state index >= 15 is 0 Å². The number of aryl methyl sites for hydroxylation is 1. The van der Waals surface area contributed by atoms with Gasteiger partial charge < -0.3 is 19.9 Å². The average Bonchev–Trinajstić information content (AvgIpc) is 2.66. The summed E-state index contributed by atoms with van der Waals surface area (Å²) in [6.45, 7) is 0.257. The molecule has 2 N–H and O–H groups in total. The monoisotopic (exact) mass is 355 g/mol. The van der Waals surface area contributed by atoms with E-state index in [1.54, 1.807) is 26.4 Å². The van der Waals surface area contributed by atoms with E-state index in [1.807, 2.05) is 24.3 Å². The number of ether oxygens (including phenoxy) is 2. The Morgan fingerprint density at radius 3 is 2.58 bits per heavy atom. The highest BCUT2D eigenvalue weighted by Crippen LogP contribution is 2.29. The summed E-state index contributed by atoms with van der Waals surface area (Å²) in [5.41, 5.74) is 2.40. The Hall–Kier alpha value is -2.53. The molecule has 1 aliphatic carbocycles. The number of aliphatic hydroxyl groups is 1. The van der Waals surface area contributed by atoms with Gasteiger partial charge in [-0.2, -0.15) is 0 Å². The summed E-state index contributed by atoms with van der Waals surface area (Å²) in [7, 11) is 3.14. The van der Waals surface area contributed by atoms with Gasteiger partial charge in [-0.25, -0.2) is 0 Å². The van der Waals surface area contributed by atoms with Crippen LogP contribution in [0.1, 0.15) is 23.1 Å². The van der Waals surface area contributed by atoms with Gasteiger partial charge in [-0.1, -0.05) is 30.3 Å². The second-order valence-corrected chi connectivity index (χ2v) is 6.81. The molecule has 0 bridgehead atoms. The zero-order valence-electron chi connectivity index (χ0n) is 15.2. The molecule has 2 aromatic carbocycles. The van der Waals surface area contributed by atoms with Crippen LogP contribution in [0.4, 0.5) is 0 Å². The quantitative estimate of drug-likeness (QED) is 0.834. The molecule has 1 atom stereocenters. The number of amides is 1.